The van der Waals surface area contributed by atoms with Crippen LogP contribution in [-0.4, -0.2) is 37.1 Å². The maximum absolute atomic E-state index is 5.92. The predicted molar refractivity (Wildman–Crippen MR) is 85.1 cm³/mol. The molecule has 19 heavy (non-hydrogen) atoms. The van der Waals surface area contributed by atoms with E-state index in [9.17, 15) is 0 Å². The van der Waals surface area contributed by atoms with E-state index in [0.29, 0.717) is 5.88 Å². The van der Waals surface area contributed by atoms with Crippen molar-refractivity contribution in [2.24, 2.45) is 0 Å². The SMILES string of the molecule is CN1C2CCC1CN(c1ccc(CCl)c(Br)c1)CC2. The number of rotatable bonds is 2. The normalized spacial score (nSPS) is 27.6. The van der Waals surface area contributed by atoms with Gasteiger partial charge in [0.05, 0.1) is 0 Å². The van der Waals surface area contributed by atoms with Crippen molar-refractivity contribution in [3.05, 3.63) is 28.2 Å². The highest BCUT2D eigenvalue weighted by molar-refractivity contribution is 9.10. The van der Waals surface area contributed by atoms with Crippen LogP contribution in [0, 0.1) is 0 Å². The van der Waals surface area contributed by atoms with Crippen molar-refractivity contribution in [1.29, 1.82) is 0 Å². The molecule has 2 heterocycles. The Bertz CT molecular complexity index is 465. The molecule has 2 aliphatic heterocycles. The largest absolute Gasteiger partial charge is 0.370 e. The Balaban J connectivity index is 1.81. The maximum Gasteiger partial charge on any atom is 0.0485 e. The zero-order valence-corrected chi connectivity index (χ0v) is 13.6. The molecular formula is C15H20BrClN2. The molecule has 2 aliphatic rings. The van der Waals surface area contributed by atoms with Gasteiger partial charge in [0.2, 0.25) is 0 Å². The van der Waals surface area contributed by atoms with E-state index in [2.05, 4.69) is 51.0 Å². The van der Waals surface area contributed by atoms with Gasteiger partial charge >= 0.3 is 0 Å². The first kappa shape index (κ1) is 13.7. The molecule has 4 heteroatoms. The summed E-state index contributed by atoms with van der Waals surface area (Å²) in [5.74, 6) is 0.564. The Labute approximate surface area is 128 Å². The molecule has 0 spiro atoms. The van der Waals surface area contributed by atoms with Crippen LogP contribution in [0.1, 0.15) is 24.8 Å². The summed E-state index contributed by atoms with van der Waals surface area (Å²) in [5, 5.41) is 0. The molecule has 0 aromatic heterocycles. The van der Waals surface area contributed by atoms with Crippen LogP contribution in [-0.2, 0) is 5.88 Å². The number of anilines is 1. The molecule has 2 unspecified atom stereocenters. The molecule has 2 fully saturated rings. The molecule has 0 radical (unpaired) electrons. The van der Waals surface area contributed by atoms with Gasteiger partial charge in [0.1, 0.15) is 0 Å². The lowest BCUT2D eigenvalue weighted by molar-refractivity contribution is 0.254. The molecule has 2 bridgehead atoms. The van der Waals surface area contributed by atoms with Gasteiger partial charge in [0.15, 0.2) is 0 Å². The summed E-state index contributed by atoms with van der Waals surface area (Å²) in [6, 6.07) is 8.08. The second-order valence-electron chi connectivity index (χ2n) is 5.69. The monoisotopic (exact) mass is 342 g/mol. The number of hydrogen-bond acceptors (Lipinski definition) is 2. The van der Waals surface area contributed by atoms with Gasteiger partial charge in [-0.25, -0.2) is 0 Å². The van der Waals surface area contributed by atoms with Crippen LogP contribution in [0.15, 0.2) is 22.7 Å². The molecule has 104 valence electrons. The fraction of sp³-hybridized carbons (Fsp3) is 0.600. The smallest absolute Gasteiger partial charge is 0.0485 e. The fourth-order valence-corrected chi connectivity index (χ4v) is 4.29. The lowest BCUT2D eigenvalue weighted by Gasteiger charge is -2.28. The first-order chi connectivity index (χ1) is 9.19. The van der Waals surface area contributed by atoms with Crippen molar-refractivity contribution in [1.82, 2.24) is 4.90 Å². The summed E-state index contributed by atoms with van der Waals surface area (Å²) in [7, 11) is 2.29. The maximum atomic E-state index is 5.92. The molecule has 2 atom stereocenters. The van der Waals surface area contributed by atoms with E-state index in [4.69, 9.17) is 11.6 Å². The van der Waals surface area contributed by atoms with Crippen molar-refractivity contribution >= 4 is 33.2 Å². The summed E-state index contributed by atoms with van der Waals surface area (Å²) in [4.78, 5) is 5.12. The van der Waals surface area contributed by atoms with Gasteiger partial charge < -0.3 is 4.90 Å². The van der Waals surface area contributed by atoms with Gasteiger partial charge in [-0.3, -0.25) is 4.90 Å². The third-order valence-electron chi connectivity index (χ3n) is 4.69. The minimum atomic E-state index is 0.564. The quantitative estimate of drug-likeness (QED) is 0.752. The Kier molecular flexibility index (Phi) is 4.06. The number of alkyl halides is 1. The lowest BCUT2D eigenvalue weighted by Crippen LogP contribution is -2.36. The Hall–Kier alpha value is -0.250. The minimum Gasteiger partial charge on any atom is -0.370 e. The van der Waals surface area contributed by atoms with Gasteiger partial charge in [0.25, 0.3) is 0 Å². The summed E-state index contributed by atoms with van der Waals surface area (Å²) in [6.45, 7) is 2.32. The molecule has 3 rings (SSSR count). The average Bonchev–Trinajstić information content (AvgIpc) is 2.63. The van der Waals surface area contributed by atoms with Crippen LogP contribution in [0.2, 0.25) is 0 Å². The van der Waals surface area contributed by atoms with E-state index >= 15 is 0 Å². The second-order valence-corrected chi connectivity index (χ2v) is 6.82. The molecule has 2 saturated heterocycles. The van der Waals surface area contributed by atoms with E-state index in [0.717, 1.165) is 29.6 Å². The molecule has 0 aliphatic carbocycles. The highest BCUT2D eigenvalue weighted by Gasteiger charge is 2.34. The second kappa shape index (κ2) is 5.63. The van der Waals surface area contributed by atoms with E-state index in [-0.39, 0.29) is 0 Å². The predicted octanol–water partition coefficient (Wildman–Crippen LogP) is 3.86. The molecule has 2 nitrogen and oxygen atoms in total. The number of fused-ring (bicyclic) bond motifs is 2. The highest BCUT2D eigenvalue weighted by atomic mass is 79.9. The molecule has 0 N–H and O–H groups in total. The van der Waals surface area contributed by atoms with Gasteiger partial charge in [-0.2, -0.15) is 0 Å². The van der Waals surface area contributed by atoms with Crippen LogP contribution in [0.25, 0.3) is 0 Å². The summed E-state index contributed by atoms with van der Waals surface area (Å²) in [6.07, 6.45) is 4.00. The van der Waals surface area contributed by atoms with Gasteiger partial charge in [-0.1, -0.05) is 22.0 Å². The Morgan fingerprint density at radius 3 is 2.79 bits per heavy atom. The van der Waals surface area contributed by atoms with Crippen LogP contribution < -0.4 is 4.90 Å². The van der Waals surface area contributed by atoms with Gasteiger partial charge in [-0.05, 0) is 44.0 Å². The molecular weight excluding hydrogens is 324 g/mol. The number of benzene rings is 1. The molecule has 1 aromatic carbocycles. The zero-order chi connectivity index (χ0) is 13.4. The zero-order valence-electron chi connectivity index (χ0n) is 11.3. The van der Waals surface area contributed by atoms with E-state index in [1.165, 1.54) is 30.5 Å². The third-order valence-corrected chi connectivity index (χ3v) is 5.72. The molecule has 0 amide bonds. The van der Waals surface area contributed by atoms with Crippen molar-refractivity contribution in [3.63, 3.8) is 0 Å². The van der Waals surface area contributed by atoms with Crippen LogP contribution >= 0.6 is 27.5 Å². The van der Waals surface area contributed by atoms with Crippen molar-refractivity contribution in [2.75, 3.05) is 25.0 Å². The number of nitrogens with zero attached hydrogens (tertiary/aromatic N) is 2. The van der Waals surface area contributed by atoms with Crippen LogP contribution in [0.5, 0.6) is 0 Å². The number of hydrogen-bond donors (Lipinski definition) is 0. The van der Waals surface area contributed by atoms with Crippen molar-refractivity contribution < 1.29 is 0 Å². The van der Waals surface area contributed by atoms with Crippen LogP contribution in [0.3, 0.4) is 0 Å². The van der Waals surface area contributed by atoms with E-state index < -0.39 is 0 Å². The topological polar surface area (TPSA) is 6.48 Å². The van der Waals surface area contributed by atoms with Crippen molar-refractivity contribution in [3.8, 4) is 0 Å². The third kappa shape index (κ3) is 2.65. The van der Waals surface area contributed by atoms with Gasteiger partial charge in [0, 0.05) is 41.2 Å². The molecule has 0 saturated carbocycles. The van der Waals surface area contributed by atoms with Gasteiger partial charge in [-0.15, -0.1) is 11.6 Å². The minimum absolute atomic E-state index is 0.564. The van der Waals surface area contributed by atoms with Crippen LogP contribution in [0.4, 0.5) is 5.69 Å². The van der Waals surface area contributed by atoms with Crippen molar-refractivity contribution in [2.45, 2.75) is 37.2 Å². The standard InChI is InChI=1S/C15H20BrClN2/c1-18-12-4-5-14(18)10-19(7-6-12)13-3-2-11(9-17)15(16)8-13/h2-3,8,12,14H,4-7,9-10H2,1H3. The summed E-state index contributed by atoms with van der Waals surface area (Å²) in [5.41, 5.74) is 2.49. The molecule has 1 aromatic rings. The first-order valence-electron chi connectivity index (χ1n) is 7.00. The number of likely N-dealkylation sites (N-methyl/N-ethyl adjacent to an activating group) is 1. The van der Waals surface area contributed by atoms with E-state index in [1.54, 1.807) is 0 Å². The van der Waals surface area contributed by atoms with E-state index in [1.807, 2.05) is 0 Å². The number of halogens is 2. The fourth-order valence-electron chi connectivity index (χ4n) is 3.38. The Morgan fingerprint density at radius 1 is 1.26 bits per heavy atom. The lowest BCUT2D eigenvalue weighted by atomic mass is 10.1. The highest BCUT2D eigenvalue weighted by Crippen LogP contribution is 2.32. The summed E-state index contributed by atoms with van der Waals surface area (Å²) < 4.78 is 1.13. The first-order valence-corrected chi connectivity index (χ1v) is 8.33. The average molecular weight is 344 g/mol. The summed E-state index contributed by atoms with van der Waals surface area (Å²) >= 11 is 9.54. The Morgan fingerprint density at radius 2 is 2.05 bits per heavy atom.